The Morgan fingerprint density at radius 2 is 1.85 bits per heavy atom. The van der Waals surface area contributed by atoms with E-state index in [9.17, 15) is 0 Å². The molecule has 0 aliphatic carbocycles. The number of hydrogen-bond acceptors (Lipinski definition) is 5. The quantitative estimate of drug-likeness (QED) is 0.905. The SMILES string of the molecule is CCN(Cc1ccncc1)c1nc(C)nc(NC)c1C. The van der Waals surface area contributed by atoms with Crippen molar-refractivity contribution < 1.29 is 0 Å². The topological polar surface area (TPSA) is 53.9 Å². The highest BCUT2D eigenvalue weighted by atomic mass is 15.2. The second-order valence-corrected chi connectivity index (χ2v) is 4.69. The number of nitrogens with zero attached hydrogens (tertiary/aromatic N) is 4. The van der Waals surface area contributed by atoms with Crippen LogP contribution in [0.1, 0.15) is 23.9 Å². The Bertz CT molecular complexity index is 568. The average Bonchev–Trinajstić information content (AvgIpc) is 2.48. The van der Waals surface area contributed by atoms with E-state index in [0.29, 0.717) is 0 Å². The van der Waals surface area contributed by atoms with Crippen molar-refractivity contribution in [3.8, 4) is 0 Å². The molecule has 2 aromatic rings. The summed E-state index contributed by atoms with van der Waals surface area (Å²) in [6.07, 6.45) is 3.64. The van der Waals surface area contributed by atoms with E-state index in [2.05, 4.69) is 39.0 Å². The van der Waals surface area contributed by atoms with Gasteiger partial charge < -0.3 is 10.2 Å². The number of hydrogen-bond donors (Lipinski definition) is 1. The van der Waals surface area contributed by atoms with Gasteiger partial charge in [0.1, 0.15) is 17.5 Å². The van der Waals surface area contributed by atoms with Crippen molar-refractivity contribution in [2.45, 2.75) is 27.3 Å². The molecule has 0 unspecified atom stereocenters. The van der Waals surface area contributed by atoms with E-state index >= 15 is 0 Å². The van der Waals surface area contributed by atoms with Gasteiger partial charge in [0.25, 0.3) is 0 Å². The second-order valence-electron chi connectivity index (χ2n) is 4.69. The first-order chi connectivity index (χ1) is 9.65. The Morgan fingerprint density at radius 3 is 2.45 bits per heavy atom. The van der Waals surface area contributed by atoms with E-state index in [1.807, 2.05) is 38.5 Å². The van der Waals surface area contributed by atoms with Gasteiger partial charge in [0.15, 0.2) is 0 Å². The fourth-order valence-corrected chi connectivity index (χ4v) is 2.21. The zero-order valence-electron chi connectivity index (χ0n) is 12.5. The zero-order valence-corrected chi connectivity index (χ0v) is 12.5. The fourth-order valence-electron chi connectivity index (χ4n) is 2.21. The lowest BCUT2D eigenvalue weighted by Gasteiger charge is -2.25. The van der Waals surface area contributed by atoms with Crippen molar-refractivity contribution in [3.05, 3.63) is 41.5 Å². The molecule has 5 heteroatoms. The fraction of sp³-hybridized carbons (Fsp3) is 0.400. The molecule has 20 heavy (non-hydrogen) atoms. The molecule has 0 saturated heterocycles. The van der Waals surface area contributed by atoms with Crippen molar-refractivity contribution in [1.29, 1.82) is 0 Å². The summed E-state index contributed by atoms with van der Waals surface area (Å²) < 4.78 is 0. The van der Waals surface area contributed by atoms with Crippen molar-refractivity contribution in [1.82, 2.24) is 15.0 Å². The van der Waals surface area contributed by atoms with Crippen LogP contribution in [0.5, 0.6) is 0 Å². The summed E-state index contributed by atoms with van der Waals surface area (Å²) in [5.41, 5.74) is 2.30. The Balaban J connectivity index is 2.34. The first-order valence-electron chi connectivity index (χ1n) is 6.82. The molecule has 0 aromatic carbocycles. The van der Waals surface area contributed by atoms with Gasteiger partial charge in [-0.05, 0) is 38.5 Å². The summed E-state index contributed by atoms with van der Waals surface area (Å²) in [6, 6.07) is 4.07. The van der Waals surface area contributed by atoms with Crippen LogP contribution in [0.4, 0.5) is 11.6 Å². The summed E-state index contributed by atoms with van der Waals surface area (Å²) >= 11 is 0. The van der Waals surface area contributed by atoms with Crippen molar-refractivity contribution >= 4 is 11.6 Å². The number of aryl methyl sites for hydroxylation is 1. The van der Waals surface area contributed by atoms with Crippen LogP contribution < -0.4 is 10.2 Å². The minimum absolute atomic E-state index is 0.781. The lowest BCUT2D eigenvalue weighted by molar-refractivity contribution is 0.798. The van der Waals surface area contributed by atoms with E-state index in [0.717, 1.165) is 36.1 Å². The van der Waals surface area contributed by atoms with Crippen LogP contribution in [0.25, 0.3) is 0 Å². The normalized spacial score (nSPS) is 10.4. The van der Waals surface area contributed by atoms with Crippen molar-refractivity contribution in [3.63, 3.8) is 0 Å². The minimum Gasteiger partial charge on any atom is -0.373 e. The molecule has 0 spiro atoms. The van der Waals surface area contributed by atoms with Crippen LogP contribution >= 0.6 is 0 Å². The van der Waals surface area contributed by atoms with Gasteiger partial charge >= 0.3 is 0 Å². The minimum atomic E-state index is 0.781. The summed E-state index contributed by atoms with van der Waals surface area (Å²) in [4.78, 5) is 15.3. The van der Waals surface area contributed by atoms with Crippen LogP contribution in [0.2, 0.25) is 0 Å². The Labute approximate surface area is 120 Å². The summed E-state index contributed by atoms with van der Waals surface area (Å²) in [7, 11) is 1.89. The first-order valence-corrected chi connectivity index (χ1v) is 6.82. The zero-order chi connectivity index (χ0) is 14.5. The van der Waals surface area contributed by atoms with Crippen molar-refractivity contribution in [2.75, 3.05) is 23.8 Å². The van der Waals surface area contributed by atoms with Gasteiger partial charge in [0, 0.05) is 38.1 Å². The molecule has 0 aliphatic rings. The summed E-state index contributed by atoms with van der Waals surface area (Å²) in [5, 5.41) is 3.13. The third-order valence-electron chi connectivity index (χ3n) is 3.27. The predicted octanol–water partition coefficient (Wildman–Crippen LogP) is 2.56. The average molecular weight is 271 g/mol. The lowest BCUT2D eigenvalue weighted by atomic mass is 10.2. The number of aromatic nitrogens is 3. The molecule has 1 N–H and O–H groups in total. The molecule has 0 radical (unpaired) electrons. The molecular formula is C15H21N5. The van der Waals surface area contributed by atoms with Crippen LogP contribution in [0.15, 0.2) is 24.5 Å². The summed E-state index contributed by atoms with van der Waals surface area (Å²) in [5.74, 6) is 2.66. The monoisotopic (exact) mass is 271 g/mol. The highest BCUT2D eigenvalue weighted by Gasteiger charge is 2.14. The number of anilines is 2. The van der Waals surface area contributed by atoms with Gasteiger partial charge in [-0.25, -0.2) is 9.97 Å². The molecule has 2 rings (SSSR count). The largest absolute Gasteiger partial charge is 0.373 e. The smallest absolute Gasteiger partial charge is 0.137 e. The lowest BCUT2D eigenvalue weighted by Crippen LogP contribution is -2.25. The maximum absolute atomic E-state index is 4.61. The van der Waals surface area contributed by atoms with Crippen molar-refractivity contribution in [2.24, 2.45) is 0 Å². The Kier molecular flexibility index (Phi) is 4.50. The molecule has 2 heterocycles. The van der Waals surface area contributed by atoms with Gasteiger partial charge in [-0.3, -0.25) is 4.98 Å². The van der Waals surface area contributed by atoms with Crippen LogP contribution in [0, 0.1) is 13.8 Å². The predicted molar refractivity (Wildman–Crippen MR) is 82.0 cm³/mol. The van der Waals surface area contributed by atoms with Gasteiger partial charge in [0.2, 0.25) is 0 Å². The van der Waals surface area contributed by atoms with E-state index in [-0.39, 0.29) is 0 Å². The molecular weight excluding hydrogens is 250 g/mol. The molecule has 0 aliphatic heterocycles. The molecule has 0 fully saturated rings. The highest BCUT2D eigenvalue weighted by molar-refractivity contribution is 5.58. The third kappa shape index (κ3) is 3.04. The van der Waals surface area contributed by atoms with E-state index in [1.54, 1.807) is 0 Å². The van der Waals surface area contributed by atoms with E-state index in [4.69, 9.17) is 0 Å². The molecule has 0 amide bonds. The van der Waals surface area contributed by atoms with Gasteiger partial charge in [-0.15, -0.1) is 0 Å². The Morgan fingerprint density at radius 1 is 1.15 bits per heavy atom. The number of rotatable bonds is 5. The van der Waals surface area contributed by atoms with Crippen LogP contribution in [0.3, 0.4) is 0 Å². The molecule has 0 atom stereocenters. The van der Waals surface area contributed by atoms with Gasteiger partial charge in [-0.1, -0.05) is 0 Å². The van der Waals surface area contributed by atoms with Crippen LogP contribution in [-0.4, -0.2) is 28.5 Å². The standard InChI is InChI=1S/C15H21N5/c1-5-20(10-13-6-8-17-9-7-13)15-11(2)14(16-4)18-12(3)19-15/h6-9H,5,10H2,1-4H3,(H,16,18,19). The maximum Gasteiger partial charge on any atom is 0.137 e. The molecule has 2 aromatic heterocycles. The van der Waals surface area contributed by atoms with Gasteiger partial charge in [0.05, 0.1) is 0 Å². The highest BCUT2D eigenvalue weighted by Crippen LogP contribution is 2.24. The number of nitrogens with one attached hydrogen (secondary N) is 1. The van der Waals surface area contributed by atoms with Crippen LogP contribution in [-0.2, 0) is 6.54 Å². The summed E-state index contributed by atoms with van der Waals surface area (Å²) in [6.45, 7) is 7.82. The second kappa shape index (κ2) is 6.32. The first kappa shape index (κ1) is 14.2. The maximum atomic E-state index is 4.61. The molecule has 0 bridgehead atoms. The molecule has 5 nitrogen and oxygen atoms in total. The number of pyridine rings is 1. The van der Waals surface area contributed by atoms with E-state index < -0.39 is 0 Å². The Hall–Kier alpha value is -2.17. The molecule has 106 valence electrons. The van der Waals surface area contributed by atoms with E-state index in [1.165, 1.54) is 5.56 Å². The third-order valence-corrected chi connectivity index (χ3v) is 3.27. The molecule has 0 saturated carbocycles. The van der Waals surface area contributed by atoms with Gasteiger partial charge in [-0.2, -0.15) is 0 Å².